The van der Waals surface area contributed by atoms with Gasteiger partial charge in [-0.05, 0) is 62.1 Å². The van der Waals surface area contributed by atoms with Crippen LogP contribution in [0.1, 0.15) is 42.1 Å². The first-order chi connectivity index (χ1) is 13.1. The molecule has 1 amide bonds. The number of aromatic nitrogens is 3. The molecule has 2 heterocycles. The van der Waals surface area contributed by atoms with Crippen LogP contribution in [-0.4, -0.2) is 26.7 Å². The summed E-state index contributed by atoms with van der Waals surface area (Å²) in [6.45, 7) is 5.00. The average molecular weight is 360 g/mol. The summed E-state index contributed by atoms with van der Waals surface area (Å²) in [7, 11) is 0. The molecule has 2 aromatic heterocycles. The van der Waals surface area contributed by atoms with Crippen LogP contribution in [0.3, 0.4) is 0 Å². The van der Waals surface area contributed by atoms with Gasteiger partial charge in [0, 0.05) is 41.7 Å². The van der Waals surface area contributed by atoms with Crippen LogP contribution in [0.4, 0.5) is 0 Å². The van der Waals surface area contributed by atoms with Crippen molar-refractivity contribution in [3.8, 4) is 22.5 Å². The molecule has 0 radical (unpaired) electrons. The van der Waals surface area contributed by atoms with Crippen LogP contribution in [0.5, 0.6) is 0 Å². The maximum Gasteiger partial charge on any atom is 0.251 e. The number of carbonyl (C=O) groups is 1. The van der Waals surface area contributed by atoms with E-state index in [1.165, 1.54) is 0 Å². The molecule has 1 saturated carbocycles. The molecule has 3 aromatic rings. The van der Waals surface area contributed by atoms with Crippen molar-refractivity contribution in [1.29, 1.82) is 0 Å². The molecular weight excluding hydrogens is 336 g/mol. The SMILES string of the molecule is CCCn1nccc1-c1cc(C(=O)NC2CC2)cc(-c2ccc(C)cn2)c1. The molecule has 1 aliphatic rings. The quantitative estimate of drug-likeness (QED) is 0.716. The first kappa shape index (κ1) is 17.5. The lowest BCUT2D eigenvalue weighted by Gasteiger charge is -2.12. The van der Waals surface area contributed by atoms with E-state index in [9.17, 15) is 4.79 Å². The predicted octanol–water partition coefficient (Wildman–Crippen LogP) is 4.22. The number of aryl methyl sites for hydroxylation is 2. The molecule has 0 aliphatic heterocycles. The van der Waals surface area contributed by atoms with Crippen molar-refractivity contribution in [2.45, 2.75) is 45.7 Å². The molecule has 0 unspecified atom stereocenters. The van der Waals surface area contributed by atoms with Gasteiger partial charge in [0.2, 0.25) is 0 Å². The number of benzene rings is 1. The number of rotatable bonds is 6. The molecule has 0 bridgehead atoms. The summed E-state index contributed by atoms with van der Waals surface area (Å²) in [5.74, 6) is -0.0192. The molecule has 1 N–H and O–H groups in total. The van der Waals surface area contributed by atoms with E-state index in [-0.39, 0.29) is 5.91 Å². The fourth-order valence-electron chi connectivity index (χ4n) is 3.16. The van der Waals surface area contributed by atoms with Crippen molar-refractivity contribution in [2.75, 3.05) is 0 Å². The second kappa shape index (κ2) is 7.35. The Balaban J connectivity index is 1.79. The topological polar surface area (TPSA) is 59.8 Å². The molecule has 1 aromatic carbocycles. The van der Waals surface area contributed by atoms with Crippen molar-refractivity contribution in [3.05, 3.63) is 59.9 Å². The van der Waals surface area contributed by atoms with Gasteiger partial charge < -0.3 is 5.32 Å². The van der Waals surface area contributed by atoms with E-state index in [4.69, 9.17) is 0 Å². The normalized spacial score (nSPS) is 13.6. The molecule has 1 aliphatic carbocycles. The highest BCUT2D eigenvalue weighted by atomic mass is 16.1. The molecule has 27 heavy (non-hydrogen) atoms. The first-order valence-electron chi connectivity index (χ1n) is 9.55. The molecular formula is C22H24N4O. The Morgan fingerprint density at radius 1 is 1.19 bits per heavy atom. The second-order valence-electron chi connectivity index (χ2n) is 7.21. The third-order valence-corrected chi connectivity index (χ3v) is 4.76. The highest BCUT2D eigenvalue weighted by Crippen LogP contribution is 2.28. The number of pyridine rings is 1. The molecule has 138 valence electrons. The Labute approximate surface area is 159 Å². The van der Waals surface area contributed by atoms with Crippen molar-refractivity contribution in [1.82, 2.24) is 20.1 Å². The Hall–Kier alpha value is -2.95. The van der Waals surface area contributed by atoms with E-state index in [2.05, 4.69) is 28.4 Å². The van der Waals surface area contributed by atoms with E-state index >= 15 is 0 Å². The molecule has 5 nitrogen and oxygen atoms in total. The lowest BCUT2D eigenvalue weighted by molar-refractivity contribution is 0.0951. The van der Waals surface area contributed by atoms with Gasteiger partial charge in [0.15, 0.2) is 0 Å². The summed E-state index contributed by atoms with van der Waals surface area (Å²) in [5.41, 5.74) is 5.60. The Morgan fingerprint density at radius 3 is 2.70 bits per heavy atom. The van der Waals surface area contributed by atoms with E-state index in [1.807, 2.05) is 54.3 Å². The van der Waals surface area contributed by atoms with E-state index in [1.54, 1.807) is 0 Å². The zero-order chi connectivity index (χ0) is 18.8. The Kier molecular flexibility index (Phi) is 4.75. The predicted molar refractivity (Wildman–Crippen MR) is 106 cm³/mol. The van der Waals surface area contributed by atoms with Gasteiger partial charge >= 0.3 is 0 Å². The number of hydrogen-bond acceptors (Lipinski definition) is 3. The van der Waals surface area contributed by atoms with Crippen molar-refractivity contribution in [2.24, 2.45) is 0 Å². The molecule has 1 fully saturated rings. The number of hydrogen-bond donors (Lipinski definition) is 1. The summed E-state index contributed by atoms with van der Waals surface area (Å²) >= 11 is 0. The van der Waals surface area contributed by atoms with Crippen LogP contribution in [0.25, 0.3) is 22.5 Å². The molecule has 5 heteroatoms. The van der Waals surface area contributed by atoms with Gasteiger partial charge in [0.1, 0.15) is 0 Å². The van der Waals surface area contributed by atoms with E-state index in [0.29, 0.717) is 11.6 Å². The number of nitrogens with one attached hydrogen (secondary N) is 1. The van der Waals surface area contributed by atoms with Crippen LogP contribution in [-0.2, 0) is 6.54 Å². The maximum absolute atomic E-state index is 12.7. The average Bonchev–Trinajstić information content (AvgIpc) is 3.37. The number of nitrogens with zero attached hydrogens (tertiary/aromatic N) is 3. The van der Waals surface area contributed by atoms with Gasteiger partial charge in [-0.25, -0.2) is 0 Å². The monoisotopic (exact) mass is 360 g/mol. The summed E-state index contributed by atoms with van der Waals surface area (Å²) in [5, 5.41) is 7.52. The molecule has 4 rings (SSSR count). The van der Waals surface area contributed by atoms with Crippen LogP contribution in [0, 0.1) is 6.92 Å². The van der Waals surface area contributed by atoms with Crippen LogP contribution >= 0.6 is 0 Å². The largest absolute Gasteiger partial charge is 0.349 e. The summed E-state index contributed by atoms with van der Waals surface area (Å²) < 4.78 is 1.99. The molecule has 0 spiro atoms. The smallest absolute Gasteiger partial charge is 0.251 e. The van der Waals surface area contributed by atoms with Crippen molar-refractivity contribution >= 4 is 5.91 Å². The maximum atomic E-state index is 12.7. The fraction of sp³-hybridized carbons (Fsp3) is 0.318. The minimum Gasteiger partial charge on any atom is -0.349 e. The fourth-order valence-corrected chi connectivity index (χ4v) is 3.16. The van der Waals surface area contributed by atoms with E-state index in [0.717, 1.165) is 53.9 Å². The first-order valence-corrected chi connectivity index (χ1v) is 9.55. The molecule has 0 saturated heterocycles. The second-order valence-corrected chi connectivity index (χ2v) is 7.21. The Morgan fingerprint density at radius 2 is 2.00 bits per heavy atom. The van der Waals surface area contributed by atoms with Gasteiger partial charge in [0.25, 0.3) is 5.91 Å². The van der Waals surface area contributed by atoms with Crippen molar-refractivity contribution in [3.63, 3.8) is 0 Å². The third-order valence-electron chi connectivity index (χ3n) is 4.76. The summed E-state index contributed by atoms with van der Waals surface area (Å²) in [6.07, 6.45) is 6.81. The molecule has 0 atom stereocenters. The van der Waals surface area contributed by atoms with Gasteiger partial charge in [-0.1, -0.05) is 13.0 Å². The number of amides is 1. The summed E-state index contributed by atoms with van der Waals surface area (Å²) in [6, 6.07) is 12.3. The minimum absolute atomic E-state index is 0.0192. The van der Waals surface area contributed by atoms with Gasteiger partial charge in [-0.3, -0.25) is 14.5 Å². The lowest BCUT2D eigenvalue weighted by atomic mass is 10.00. The van der Waals surface area contributed by atoms with Gasteiger partial charge in [-0.15, -0.1) is 0 Å². The van der Waals surface area contributed by atoms with Gasteiger partial charge in [0.05, 0.1) is 11.4 Å². The van der Waals surface area contributed by atoms with Crippen molar-refractivity contribution < 1.29 is 4.79 Å². The minimum atomic E-state index is -0.0192. The van der Waals surface area contributed by atoms with Gasteiger partial charge in [-0.2, -0.15) is 5.10 Å². The summed E-state index contributed by atoms with van der Waals surface area (Å²) in [4.78, 5) is 17.3. The highest BCUT2D eigenvalue weighted by molar-refractivity contribution is 5.97. The Bertz CT molecular complexity index is 955. The number of carbonyl (C=O) groups excluding carboxylic acids is 1. The van der Waals surface area contributed by atoms with Crippen LogP contribution in [0.2, 0.25) is 0 Å². The highest BCUT2D eigenvalue weighted by Gasteiger charge is 2.24. The van der Waals surface area contributed by atoms with Crippen LogP contribution in [0.15, 0.2) is 48.8 Å². The zero-order valence-electron chi connectivity index (χ0n) is 15.8. The van der Waals surface area contributed by atoms with E-state index < -0.39 is 0 Å². The zero-order valence-corrected chi connectivity index (χ0v) is 15.8. The van der Waals surface area contributed by atoms with Crippen LogP contribution < -0.4 is 5.32 Å². The standard InChI is InChI=1S/C22H24N4O/c1-3-10-26-21(8-9-24-26)17-11-16(20-7-4-15(2)14-23-20)12-18(13-17)22(27)25-19-5-6-19/h4,7-9,11-14,19H,3,5-6,10H2,1-2H3,(H,25,27). The third kappa shape index (κ3) is 3.92. The lowest BCUT2D eigenvalue weighted by Crippen LogP contribution is -2.25.